The van der Waals surface area contributed by atoms with E-state index in [9.17, 15) is 0 Å². The quantitative estimate of drug-likeness (QED) is 0.154. The van der Waals surface area contributed by atoms with Crippen molar-refractivity contribution in [1.82, 2.24) is 0 Å². The zero-order valence-electron chi connectivity index (χ0n) is 30.6. The maximum Gasteiger partial charge on any atom is 0.0640 e. The topological polar surface area (TPSA) is 3.24 Å². The summed E-state index contributed by atoms with van der Waals surface area (Å²) in [6, 6.07) is 77.7. The Morgan fingerprint density at radius 1 is 0.304 bits per heavy atom. The van der Waals surface area contributed by atoms with Gasteiger partial charge >= 0.3 is 0 Å². The smallest absolute Gasteiger partial charge is 0.0640 e. The molecule has 0 fully saturated rings. The minimum Gasteiger partial charge on any atom is -0.309 e. The highest BCUT2D eigenvalue weighted by Gasteiger charge is 2.21. The van der Waals surface area contributed by atoms with E-state index in [1.165, 1.54) is 91.6 Å². The molecular weight excluding hydrogens is 695 g/mol. The van der Waals surface area contributed by atoms with Gasteiger partial charge in [-0.25, -0.2) is 0 Å². The Morgan fingerprint density at radius 2 is 0.875 bits per heavy atom. The van der Waals surface area contributed by atoms with Crippen molar-refractivity contribution < 1.29 is 0 Å². The molecule has 0 radical (unpaired) electrons. The van der Waals surface area contributed by atoms with Crippen molar-refractivity contribution in [2.75, 3.05) is 4.90 Å². The van der Waals surface area contributed by atoms with Gasteiger partial charge in [-0.15, -0.1) is 11.3 Å². The predicted octanol–water partition coefficient (Wildman–Crippen LogP) is 16.0. The SMILES string of the molecule is c1ccc(-c2ccc(N(c3ccc(-c4cc5ccccc5c5ccccc45)cc3)c3cccc4c3sc3cc5ccccc5cc34)cc2-c2ccccc2)cc1. The molecule has 0 bridgehead atoms. The van der Waals surface area contributed by atoms with E-state index in [0.29, 0.717) is 0 Å². The molecule has 56 heavy (non-hydrogen) atoms. The number of hydrogen-bond acceptors (Lipinski definition) is 2. The molecule has 1 aromatic heterocycles. The molecule has 0 atom stereocenters. The second kappa shape index (κ2) is 13.4. The Bertz CT molecular complexity index is 3230. The number of thiophene rings is 1. The molecule has 262 valence electrons. The molecule has 0 amide bonds. The molecule has 0 unspecified atom stereocenters. The number of anilines is 3. The zero-order valence-corrected chi connectivity index (χ0v) is 31.4. The van der Waals surface area contributed by atoms with Crippen molar-refractivity contribution >= 4 is 80.9 Å². The van der Waals surface area contributed by atoms with Gasteiger partial charge < -0.3 is 4.90 Å². The van der Waals surface area contributed by atoms with Gasteiger partial charge in [-0.2, -0.15) is 0 Å². The van der Waals surface area contributed by atoms with Crippen LogP contribution in [0, 0.1) is 0 Å². The Labute approximate surface area is 330 Å². The van der Waals surface area contributed by atoms with E-state index < -0.39 is 0 Å². The van der Waals surface area contributed by atoms with E-state index in [4.69, 9.17) is 0 Å². The highest BCUT2D eigenvalue weighted by Crippen LogP contribution is 2.47. The van der Waals surface area contributed by atoms with Crippen molar-refractivity contribution in [2.24, 2.45) is 0 Å². The number of nitrogens with zero attached hydrogens (tertiary/aromatic N) is 1. The normalized spacial score (nSPS) is 11.6. The minimum atomic E-state index is 1.11. The summed E-state index contributed by atoms with van der Waals surface area (Å²) in [5, 5.41) is 10.2. The monoisotopic (exact) mass is 729 g/mol. The number of hydrogen-bond donors (Lipinski definition) is 0. The van der Waals surface area contributed by atoms with Crippen LogP contribution in [0.15, 0.2) is 212 Å². The van der Waals surface area contributed by atoms with Gasteiger partial charge in [0.2, 0.25) is 0 Å². The number of fused-ring (bicyclic) bond motifs is 7. The van der Waals surface area contributed by atoms with Gasteiger partial charge in [-0.1, -0.05) is 164 Å². The van der Waals surface area contributed by atoms with E-state index in [-0.39, 0.29) is 0 Å². The highest BCUT2D eigenvalue weighted by atomic mass is 32.1. The molecule has 0 aliphatic heterocycles. The first-order valence-electron chi connectivity index (χ1n) is 19.2. The summed E-state index contributed by atoms with van der Waals surface area (Å²) in [6.45, 7) is 0. The molecule has 0 aliphatic rings. The van der Waals surface area contributed by atoms with Crippen LogP contribution in [0.4, 0.5) is 17.1 Å². The van der Waals surface area contributed by atoms with Crippen molar-refractivity contribution in [2.45, 2.75) is 0 Å². The zero-order chi connectivity index (χ0) is 37.0. The van der Waals surface area contributed by atoms with E-state index in [0.717, 1.165) is 11.4 Å². The second-order valence-electron chi connectivity index (χ2n) is 14.5. The van der Waals surface area contributed by atoms with E-state index in [1.807, 2.05) is 11.3 Å². The maximum absolute atomic E-state index is 2.46. The Hall–Kier alpha value is -7.00. The Kier molecular flexibility index (Phi) is 7.75. The third-order valence-corrected chi connectivity index (χ3v) is 12.4. The molecule has 11 rings (SSSR count). The molecule has 11 aromatic rings. The highest BCUT2D eigenvalue weighted by molar-refractivity contribution is 7.26. The van der Waals surface area contributed by atoms with Gasteiger partial charge in [0, 0.05) is 26.8 Å². The minimum absolute atomic E-state index is 1.11. The Balaban J connectivity index is 1.13. The molecule has 0 N–H and O–H groups in total. The first-order valence-corrected chi connectivity index (χ1v) is 20.0. The van der Waals surface area contributed by atoms with Crippen LogP contribution in [0.1, 0.15) is 0 Å². The van der Waals surface area contributed by atoms with Crippen molar-refractivity contribution in [3.63, 3.8) is 0 Å². The van der Waals surface area contributed by atoms with Gasteiger partial charge in [0.05, 0.1) is 10.4 Å². The van der Waals surface area contributed by atoms with E-state index >= 15 is 0 Å². The van der Waals surface area contributed by atoms with E-state index in [1.54, 1.807) is 0 Å². The average molecular weight is 730 g/mol. The summed E-state index contributed by atoms with van der Waals surface area (Å²) >= 11 is 1.88. The molecule has 2 heteroatoms. The standard InChI is InChI=1S/C54H35NS/c1-3-14-36(15-4-1)45-31-30-43(35-50(45)37-16-5-2-6-17-37)55(52-25-13-24-48-51-32-39-18-7-8-19-40(39)34-53(51)56-54(48)52)42-28-26-38(27-29-42)49-33-41-20-9-10-21-44(41)46-22-11-12-23-47(46)49/h1-35H. The first kappa shape index (κ1) is 32.4. The summed E-state index contributed by atoms with van der Waals surface area (Å²) in [5.74, 6) is 0. The van der Waals surface area contributed by atoms with Crippen molar-refractivity contribution in [3.05, 3.63) is 212 Å². The molecule has 10 aromatic carbocycles. The van der Waals surface area contributed by atoms with Gasteiger partial charge in [-0.05, 0) is 114 Å². The number of benzene rings is 10. The van der Waals surface area contributed by atoms with Crippen LogP contribution in [0.25, 0.3) is 85.9 Å². The number of rotatable bonds is 6. The molecule has 1 heterocycles. The fourth-order valence-electron chi connectivity index (χ4n) is 8.55. The van der Waals surface area contributed by atoms with Crippen LogP contribution in [-0.2, 0) is 0 Å². The second-order valence-corrected chi connectivity index (χ2v) is 15.5. The summed E-state index contributed by atoms with van der Waals surface area (Å²) in [6.07, 6.45) is 0. The van der Waals surface area contributed by atoms with Crippen molar-refractivity contribution in [3.8, 4) is 33.4 Å². The van der Waals surface area contributed by atoms with Crippen molar-refractivity contribution in [1.29, 1.82) is 0 Å². The van der Waals surface area contributed by atoms with Gasteiger partial charge in [0.25, 0.3) is 0 Å². The third kappa shape index (κ3) is 5.46. The lowest BCUT2D eigenvalue weighted by Crippen LogP contribution is -2.10. The lowest BCUT2D eigenvalue weighted by atomic mass is 9.93. The average Bonchev–Trinajstić information content (AvgIpc) is 3.64. The van der Waals surface area contributed by atoms with Gasteiger partial charge in [0.15, 0.2) is 0 Å². The summed E-state index contributed by atoms with van der Waals surface area (Å²) in [7, 11) is 0. The van der Waals surface area contributed by atoms with Crippen LogP contribution in [0.5, 0.6) is 0 Å². The fourth-order valence-corrected chi connectivity index (χ4v) is 9.79. The van der Waals surface area contributed by atoms with Crippen LogP contribution < -0.4 is 4.90 Å². The molecular formula is C54H35NS. The largest absolute Gasteiger partial charge is 0.309 e. The maximum atomic E-state index is 2.46. The molecule has 0 aliphatic carbocycles. The third-order valence-electron chi connectivity index (χ3n) is 11.2. The van der Waals surface area contributed by atoms with Gasteiger partial charge in [0.1, 0.15) is 0 Å². The summed E-state index contributed by atoms with van der Waals surface area (Å²) < 4.78 is 2.57. The summed E-state index contributed by atoms with van der Waals surface area (Å²) in [4.78, 5) is 2.46. The molecule has 0 saturated carbocycles. The predicted molar refractivity (Wildman–Crippen MR) is 243 cm³/mol. The fraction of sp³-hybridized carbons (Fsp3) is 0. The van der Waals surface area contributed by atoms with Crippen LogP contribution in [0.3, 0.4) is 0 Å². The van der Waals surface area contributed by atoms with Crippen LogP contribution in [0.2, 0.25) is 0 Å². The molecule has 0 saturated heterocycles. The van der Waals surface area contributed by atoms with Crippen LogP contribution >= 0.6 is 11.3 Å². The Morgan fingerprint density at radius 3 is 1.62 bits per heavy atom. The lowest BCUT2D eigenvalue weighted by molar-refractivity contribution is 1.30. The summed E-state index contributed by atoms with van der Waals surface area (Å²) in [5.41, 5.74) is 10.7. The first-order chi connectivity index (χ1) is 27.8. The molecule has 0 spiro atoms. The van der Waals surface area contributed by atoms with E-state index in [2.05, 4.69) is 217 Å². The lowest BCUT2D eigenvalue weighted by Gasteiger charge is -2.27. The molecule has 1 nitrogen and oxygen atoms in total. The van der Waals surface area contributed by atoms with Crippen LogP contribution in [-0.4, -0.2) is 0 Å². The van der Waals surface area contributed by atoms with Gasteiger partial charge in [-0.3, -0.25) is 0 Å².